The molecule has 1 heterocycles. The van der Waals surface area contributed by atoms with E-state index in [9.17, 15) is 14.7 Å². The predicted octanol–water partition coefficient (Wildman–Crippen LogP) is 4.54. The topological polar surface area (TPSA) is 84.2 Å². The monoisotopic (exact) mass is 449 g/mol. The maximum absolute atomic E-state index is 12.9. The Morgan fingerprint density at radius 2 is 1.93 bits per heavy atom. The number of thioether (sulfide) groups is 1. The van der Waals surface area contributed by atoms with Crippen molar-refractivity contribution in [1.82, 2.24) is 9.55 Å². The molecule has 6 nitrogen and oxygen atoms in total. The fourth-order valence-corrected chi connectivity index (χ4v) is 3.90. The summed E-state index contributed by atoms with van der Waals surface area (Å²) in [4.78, 5) is 29.4. The lowest BCUT2D eigenvalue weighted by Gasteiger charge is -2.14. The molecular formula is C20H17Cl2N3O3S. The number of amides is 1. The molecule has 2 N–H and O–H groups in total. The number of para-hydroxylation sites is 1. The standard InChI is InChI=1S/C20H17Cl2N3O3S/c1-2-14-18(27)24-20(25(19(14)28)13-6-4-3-5-7-13)29-11-17(26)23-16-9-8-12(21)10-15(16)22/h3-10,27H,2,11H2,1H3,(H,23,26). The third kappa shape index (κ3) is 4.93. The van der Waals surface area contributed by atoms with E-state index in [1.54, 1.807) is 43.3 Å². The number of halogens is 2. The number of anilines is 1. The van der Waals surface area contributed by atoms with Crippen LogP contribution in [0.3, 0.4) is 0 Å². The molecule has 0 atom stereocenters. The highest BCUT2D eigenvalue weighted by Crippen LogP contribution is 2.26. The second-order valence-corrected chi connectivity index (χ2v) is 7.77. The Morgan fingerprint density at radius 3 is 2.59 bits per heavy atom. The van der Waals surface area contributed by atoms with Gasteiger partial charge in [0.2, 0.25) is 11.8 Å². The van der Waals surface area contributed by atoms with Gasteiger partial charge in [-0.15, -0.1) is 0 Å². The number of nitrogens with zero attached hydrogens (tertiary/aromatic N) is 2. The quantitative estimate of drug-likeness (QED) is 0.426. The van der Waals surface area contributed by atoms with E-state index in [1.165, 1.54) is 10.6 Å². The Labute approximate surface area is 181 Å². The van der Waals surface area contributed by atoms with E-state index in [0.717, 1.165) is 11.8 Å². The van der Waals surface area contributed by atoms with Crippen LogP contribution in [0.5, 0.6) is 5.88 Å². The van der Waals surface area contributed by atoms with Crippen molar-refractivity contribution in [2.75, 3.05) is 11.1 Å². The molecule has 0 bridgehead atoms. The smallest absolute Gasteiger partial charge is 0.265 e. The molecule has 3 aromatic rings. The van der Waals surface area contributed by atoms with E-state index in [4.69, 9.17) is 23.2 Å². The van der Waals surface area contributed by atoms with Gasteiger partial charge in [0.15, 0.2) is 5.16 Å². The van der Waals surface area contributed by atoms with Crippen LogP contribution in [0.1, 0.15) is 12.5 Å². The van der Waals surface area contributed by atoms with E-state index >= 15 is 0 Å². The first-order chi connectivity index (χ1) is 13.9. The minimum atomic E-state index is -0.366. The maximum atomic E-state index is 12.9. The summed E-state index contributed by atoms with van der Waals surface area (Å²) in [7, 11) is 0. The van der Waals surface area contributed by atoms with Crippen molar-refractivity contribution in [2.45, 2.75) is 18.5 Å². The fourth-order valence-electron chi connectivity index (χ4n) is 2.64. The first-order valence-corrected chi connectivity index (χ1v) is 10.4. The summed E-state index contributed by atoms with van der Waals surface area (Å²) >= 11 is 13.0. The molecule has 0 saturated heterocycles. The summed E-state index contributed by atoms with van der Waals surface area (Å²) in [5.41, 5.74) is 0.882. The molecule has 2 aromatic carbocycles. The van der Waals surface area contributed by atoms with Crippen molar-refractivity contribution < 1.29 is 9.90 Å². The highest BCUT2D eigenvalue weighted by atomic mass is 35.5. The van der Waals surface area contributed by atoms with Crippen molar-refractivity contribution in [2.24, 2.45) is 0 Å². The van der Waals surface area contributed by atoms with Gasteiger partial charge in [-0.05, 0) is 36.8 Å². The molecule has 0 spiro atoms. The number of hydrogen-bond donors (Lipinski definition) is 2. The van der Waals surface area contributed by atoms with Crippen LogP contribution in [0, 0.1) is 0 Å². The Bertz CT molecular complexity index is 1100. The zero-order valence-corrected chi connectivity index (χ0v) is 17.7. The number of aromatic nitrogens is 2. The molecule has 0 unspecified atom stereocenters. The van der Waals surface area contributed by atoms with Crippen LogP contribution in [-0.4, -0.2) is 26.3 Å². The number of carbonyl (C=O) groups is 1. The lowest BCUT2D eigenvalue weighted by molar-refractivity contribution is -0.113. The predicted molar refractivity (Wildman–Crippen MR) is 117 cm³/mol. The molecule has 0 fully saturated rings. The van der Waals surface area contributed by atoms with Gasteiger partial charge in [0.25, 0.3) is 5.56 Å². The molecule has 0 saturated carbocycles. The van der Waals surface area contributed by atoms with Crippen molar-refractivity contribution in [3.63, 3.8) is 0 Å². The number of carbonyl (C=O) groups excluding carboxylic acids is 1. The number of benzene rings is 2. The lowest BCUT2D eigenvalue weighted by Crippen LogP contribution is -2.25. The molecule has 0 radical (unpaired) electrons. The normalized spacial score (nSPS) is 10.7. The molecule has 0 aliphatic heterocycles. The van der Waals surface area contributed by atoms with Crippen LogP contribution in [0.15, 0.2) is 58.5 Å². The van der Waals surface area contributed by atoms with Crippen LogP contribution in [0.25, 0.3) is 5.69 Å². The van der Waals surface area contributed by atoms with Gasteiger partial charge in [-0.25, -0.2) is 0 Å². The largest absolute Gasteiger partial charge is 0.493 e. The zero-order chi connectivity index (χ0) is 21.0. The first kappa shape index (κ1) is 21.2. The van der Waals surface area contributed by atoms with Crippen LogP contribution in [0.2, 0.25) is 10.0 Å². The molecule has 1 amide bonds. The second-order valence-electron chi connectivity index (χ2n) is 5.99. The van der Waals surface area contributed by atoms with Gasteiger partial charge in [-0.1, -0.05) is 60.1 Å². The SMILES string of the molecule is CCc1c(O)nc(SCC(=O)Nc2ccc(Cl)cc2Cl)n(-c2ccccc2)c1=O. The van der Waals surface area contributed by atoms with Crippen molar-refractivity contribution in [3.8, 4) is 11.6 Å². The summed E-state index contributed by atoms with van der Waals surface area (Å²) in [6.45, 7) is 1.77. The molecular weight excluding hydrogens is 433 g/mol. The van der Waals surface area contributed by atoms with Crippen molar-refractivity contribution in [1.29, 1.82) is 0 Å². The van der Waals surface area contributed by atoms with Gasteiger partial charge in [-0.2, -0.15) is 4.98 Å². The molecule has 9 heteroatoms. The van der Waals surface area contributed by atoms with Crippen LogP contribution >= 0.6 is 35.0 Å². The summed E-state index contributed by atoms with van der Waals surface area (Å²) in [5, 5.41) is 13.8. The highest BCUT2D eigenvalue weighted by Gasteiger charge is 2.18. The number of hydrogen-bond acceptors (Lipinski definition) is 5. The number of rotatable bonds is 6. The summed E-state index contributed by atoms with van der Waals surface area (Å²) in [5.74, 6) is -0.705. The lowest BCUT2D eigenvalue weighted by atomic mass is 10.2. The van der Waals surface area contributed by atoms with E-state index < -0.39 is 0 Å². The van der Waals surface area contributed by atoms with Gasteiger partial charge in [0, 0.05) is 5.02 Å². The van der Waals surface area contributed by atoms with Gasteiger partial charge in [-0.3, -0.25) is 14.2 Å². The van der Waals surface area contributed by atoms with E-state index in [2.05, 4.69) is 10.3 Å². The third-order valence-electron chi connectivity index (χ3n) is 4.03. The Balaban J connectivity index is 1.87. The van der Waals surface area contributed by atoms with E-state index in [-0.39, 0.29) is 33.8 Å². The van der Waals surface area contributed by atoms with E-state index in [1.807, 2.05) is 6.07 Å². The maximum Gasteiger partial charge on any atom is 0.265 e. The van der Waals surface area contributed by atoms with Crippen molar-refractivity contribution in [3.05, 3.63) is 74.5 Å². The van der Waals surface area contributed by atoms with Crippen LogP contribution in [0.4, 0.5) is 5.69 Å². The Hall–Kier alpha value is -2.48. The van der Waals surface area contributed by atoms with Crippen LogP contribution < -0.4 is 10.9 Å². The Morgan fingerprint density at radius 1 is 1.21 bits per heavy atom. The highest BCUT2D eigenvalue weighted by molar-refractivity contribution is 7.99. The number of nitrogens with one attached hydrogen (secondary N) is 1. The van der Waals surface area contributed by atoms with E-state index in [0.29, 0.717) is 27.8 Å². The second kappa shape index (κ2) is 9.35. The minimum absolute atomic E-state index is 0.0386. The molecule has 3 rings (SSSR count). The van der Waals surface area contributed by atoms with Gasteiger partial charge in [0.05, 0.1) is 27.7 Å². The molecule has 1 aromatic heterocycles. The average molecular weight is 450 g/mol. The minimum Gasteiger partial charge on any atom is -0.493 e. The summed E-state index contributed by atoms with van der Waals surface area (Å²) < 4.78 is 1.39. The molecule has 29 heavy (non-hydrogen) atoms. The van der Waals surface area contributed by atoms with Gasteiger partial charge < -0.3 is 10.4 Å². The zero-order valence-electron chi connectivity index (χ0n) is 15.4. The average Bonchev–Trinajstić information content (AvgIpc) is 2.69. The summed E-state index contributed by atoms with van der Waals surface area (Å²) in [6.07, 6.45) is 0.338. The molecule has 0 aliphatic carbocycles. The molecule has 150 valence electrons. The van der Waals surface area contributed by atoms with Crippen molar-refractivity contribution >= 4 is 46.6 Å². The molecule has 0 aliphatic rings. The third-order valence-corrected chi connectivity index (χ3v) is 5.52. The first-order valence-electron chi connectivity index (χ1n) is 8.68. The number of aromatic hydroxyl groups is 1. The van der Waals surface area contributed by atoms with Crippen LogP contribution in [-0.2, 0) is 11.2 Å². The summed E-state index contributed by atoms with van der Waals surface area (Å²) in [6, 6.07) is 13.7. The Kier molecular flexibility index (Phi) is 6.84. The van der Waals surface area contributed by atoms with Gasteiger partial charge >= 0.3 is 0 Å². The van der Waals surface area contributed by atoms with Gasteiger partial charge in [0.1, 0.15) is 0 Å². The fraction of sp³-hybridized carbons (Fsp3) is 0.150.